The zero-order valence-electron chi connectivity index (χ0n) is 11.7. The molecule has 0 spiro atoms. The van der Waals surface area contributed by atoms with E-state index in [-0.39, 0.29) is 17.5 Å². The van der Waals surface area contributed by atoms with Crippen molar-refractivity contribution >= 4 is 15.9 Å². The van der Waals surface area contributed by atoms with E-state index in [1.54, 1.807) is 6.07 Å². The summed E-state index contributed by atoms with van der Waals surface area (Å²) in [7, 11) is 0. The minimum Gasteiger partial charge on any atom is -0.381 e. The standard InChI is InChI=1S/C15H21BrFNO2/c1-2-20-15(5-7-19-8-6-15)14(18)9-11-3-4-12(17)10-13(11)16/h3-4,10,14H,2,5-9,18H2,1H3. The highest BCUT2D eigenvalue weighted by molar-refractivity contribution is 9.10. The summed E-state index contributed by atoms with van der Waals surface area (Å²) in [5.74, 6) is -0.250. The summed E-state index contributed by atoms with van der Waals surface area (Å²) in [4.78, 5) is 0. The van der Waals surface area contributed by atoms with Crippen LogP contribution in [0.5, 0.6) is 0 Å². The fourth-order valence-electron chi connectivity index (χ4n) is 2.74. The fourth-order valence-corrected chi connectivity index (χ4v) is 3.25. The molecule has 1 aliphatic rings. The molecule has 1 fully saturated rings. The van der Waals surface area contributed by atoms with Crippen molar-refractivity contribution < 1.29 is 13.9 Å². The molecule has 0 radical (unpaired) electrons. The molecule has 1 unspecified atom stereocenters. The van der Waals surface area contributed by atoms with E-state index in [1.807, 2.05) is 6.92 Å². The van der Waals surface area contributed by atoms with Gasteiger partial charge in [-0.1, -0.05) is 22.0 Å². The third kappa shape index (κ3) is 3.58. The van der Waals surface area contributed by atoms with Crippen molar-refractivity contribution in [2.24, 2.45) is 5.73 Å². The maximum atomic E-state index is 13.1. The van der Waals surface area contributed by atoms with Crippen molar-refractivity contribution in [1.82, 2.24) is 0 Å². The fraction of sp³-hybridized carbons (Fsp3) is 0.600. The first kappa shape index (κ1) is 15.9. The van der Waals surface area contributed by atoms with E-state index in [0.717, 1.165) is 22.9 Å². The van der Waals surface area contributed by atoms with Crippen molar-refractivity contribution in [2.45, 2.75) is 37.8 Å². The molecule has 0 aliphatic carbocycles. The first-order valence-corrected chi connectivity index (χ1v) is 7.78. The van der Waals surface area contributed by atoms with Gasteiger partial charge in [0.05, 0.1) is 5.60 Å². The number of benzene rings is 1. The highest BCUT2D eigenvalue weighted by Gasteiger charge is 2.39. The van der Waals surface area contributed by atoms with Gasteiger partial charge in [0.15, 0.2) is 0 Å². The van der Waals surface area contributed by atoms with E-state index in [0.29, 0.717) is 26.2 Å². The number of nitrogens with two attached hydrogens (primary N) is 1. The number of ether oxygens (including phenoxy) is 2. The maximum Gasteiger partial charge on any atom is 0.124 e. The van der Waals surface area contributed by atoms with Gasteiger partial charge < -0.3 is 15.2 Å². The Morgan fingerprint density at radius 3 is 2.75 bits per heavy atom. The van der Waals surface area contributed by atoms with Crippen molar-refractivity contribution in [3.63, 3.8) is 0 Å². The van der Waals surface area contributed by atoms with Crippen LogP contribution in [0.2, 0.25) is 0 Å². The van der Waals surface area contributed by atoms with Crippen LogP contribution in [0.4, 0.5) is 4.39 Å². The topological polar surface area (TPSA) is 44.5 Å². The molecule has 5 heteroatoms. The Balaban J connectivity index is 2.13. The van der Waals surface area contributed by atoms with Crippen molar-refractivity contribution in [2.75, 3.05) is 19.8 Å². The quantitative estimate of drug-likeness (QED) is 0.891. The van der Waals surface area contributed by atoms with Gasteiger partial charge in [0.1, 0.15) is 5.82 Å². The van der Waals surface area contributed by atoms with Crippen molar-refractivity contribution in [3.05, 3.63) is 34.1 Å². The zero-order valence-corrected chi connectivity index (χ0v) is 13.3. The Bertz CT molecular complexity index is 444. The summed E-state index contributed by atoms with van der Waals surface area (Å²) in [5, 5.41) is 0. The predicted octanol–water partition coefficient (Wildman–Crippen LogP) is 3.04. The second-order valence-electron chi connectivity index (χ2n) is 5.16. The van der Waals surface area contributed by atoms with Crippen LogP contribution in [0.25, 0.3) is 0 Å². The molecule has 2 rings (SSSR count). The molecule has 1 aromatic carbocycles. The third-order valence-electron chi connectivity index (χ3n) is 3.90. The molecule has 0 saturated carbocycles. The first-order valence-electron chi connectivity index (χ1n) is 6.98. The van der Waals surface area contributed by atoms with Gasteiger partial charge in [0.25, 0.3) is 0 Å². The van der Waals surface area contributed by atoms with Gasteiger partial charge in [-0.15, -0.1) is 0 Å². The normalized spacial score (nSPS) is 19.8. The van der Waals surface area contributed by atoms with Crippen LogP contribution in [0, 0.1) is 5.82 Å². The maximum absolute atomic E-state index is 13.1. The summed E-state index contributed by atoms with van der Waals surface area (Å²) in [5.41, 5.74) is 7.08. The molecule has 0 aromatic heterocycles. The Morgan fingerprint density at radius 2 is 2.15 bits per heavy atom. The molecule has 0 bridgehead atoms. The zero-order chi connectivity index (χ0) is 14.6. The van der Waals surface area contributed by atoms with Crippen LogP contribution in [-0.2, 0) is 15.9 Å². The van der Waals surface area contributed by atoms with Gasteiger partial charge >= 0.3 is 0 Å². The summed E-state index contributed by atoms with van der Waals surface area (Å²) < 4.78 is 25.3. The van der Waals surface area contributed by atoms with E-state index in [4.69, 9.17) is 15.2 Å². The summed E-state index contributed by atoms with van der Waals surface area (Å²) >= 11 is 3.40. The van der Waals surface area contributed by atoms with E-state index >= 15 is 0 Å². The highest BCUT2D eigenvalue weighted by Crippen LogP contribution is 2.31. The van der Waals surface area contributed by atoms with E-state index in [9.17, 15) is 4.39 Å². The van der Waals surface area contributed by atoms with Crippen LogP contribution >= 0.6 is 15.9 Å². The molecule has 2 N–H and O–H groups in total. The van der Waals surface area contributed by atoms with Crippen LogP contribution in [-0.4, -0.2) is 31.5 Å². The lowest BCUT2D eigenvalue weighted by Crippen LogP contribution is -2.54. The largest absolute Gasteiger partial charge is 0.381 e. The van der Waals surface area contributed by atoms with E-state index in [1.165, 1.54) is 12.1 Å². The van der Waals surface area contributed by atoms with Crippen LogP contribution < -0.4 is 5.73 Å². The molecule has 20 heavy (non-hydrogen) atoms. The Hall–Kier alpha value is -0.490. The second-order valence-corrected chi connectivity index (χ2v) is 6.01. The van der Waals surface area contributed by atoms with Gasteiger partial charge in [-0.25, -0.2) is 4.39 Å². The summed E-state index contributed by atoms with van der Waals surface area (Å²) in [6.07, 6.45) is 2.27. The molecule has 1 aliphatic heterocycles. The number of halogens is 2. The van der Waals surface area contributed by atoms with E-state index < -0.39 is 0 Å². The lowest BCUT2D eigenvalue weighted by atomic mass is 9.83. The van der Waals surface area contributed by atoms with Crippen LogP contribution in [0.15, 0.2) is 22.7 Å². The Morgan fingerprint density at radius 1 is 1.45 bits per heavy atom. The molecular weight excluding hydrogens is 325 g/mol. The lowest BCUT2D eigenvalue weighted by Gasteiger charge is -2.41. The van der Waals surface area contributed by atoms with Gasteiger partial charge in [0.2, 0.25) is 0 Å². The number of hydrogen-bond acceptors (Lipinski definition) is 3. The van der Waals surface area contributed by atoms with Gasteiger partial charge in [-0.2, -0.15) is 0 Å². The predicted molar refractivity (Wildman–Crippen MR) is 80.2 cm³/mol. The van der Waals surface area contributed by atoms with Crippen LogP contribution in [0.1, 0.15) is 25.3 Å². The van der Waals surface area contributed by atoms with E-state index in [2.05, 4.69) is 15.9 Å². The highest BCUT2D eigenvalue weighted by atomic mass is 79.9. The molecule has 1 heterocycles. The molecule has 0 amide bonds. The van der Waals surface area contributed by atoms with Gasteiger partial charge in [-0.3, -0.25) is 0 Å². The number of hydrogen-bond donors (Lipinski definition) is 1. The number of rotatable bonds is 5. The van der Waals surface area contributed by atoms with Gasteiger partial charge in [0, 0.05) is 43.2 Å². The van der Waals surface area contributed by atoms with Crippen molar-refractivity contribution in [1.29, 1.82) is 0 Å². The minimum absolute atomic E-state index is 0.131. The smallest absolute Gasteiger partial charge is 0.124 e. The monoisotopic (exact) mass is 345 g/mol. The molecule has 1 atom stereocenters. The summed E-state index contributed by atoms with van der Waals surface area (Å²) in [6, 6.07) is 4.58. The average Bonchev–Trinajstić information content (AvgIpc) is 2.43. The Kier molecular flexibility index (Phi) is 5.55. The average molecular weight is 346 g/mol. The van der Waals surface area contributed by atoms with Crippen molar-refractivity contribution in [3.8, 4) is 0 Å². The molecule has 3 nitrogen and oxygen atoms in total. The molecule has 1 aromatic rings. The minimum atomic E-state index is -0.333. The SMILES string of the molecule is CCOC1(C(N)Cc2ccc(F)cc2Br)CCOCC1. The van der Waals surface area contributed by atoms with Crippen LogP contribution in [0.3, 0.4) is 0 Å². The molecule has 112 valence electrons. The Labute approximate surface area is 127 Å². The lowest BCUT2D eigenvalue weighted by molar-refractivity contribution is -0.120. The molecule has 1 saturated heterocycles. The molecular formula is C15H21BrFNO2. The first-order chi connectivity index (χ1) is 9.57. The van der Waals surface area contributed by atoms with Gasteiger partial charge in [-0.05, 0) is 31.0 Å². The third-order valence-corrected chi connectivity index (χ3v) is 4.64. The summed E-state index contributed by atoms with van der Waals surface area (Å²) in [6.45, 7) is 3.98. The second kappa shape index (κ2) is 6.98.